The van der Waals surface area contributed by atoms with E-state index in [0.29, 0.717) is 38.7 Å². The Labute approximate surface area is 183 Å². The maximum Gasteiger partial charge on any atom is 0.227 e. The normalized spacial score (nSPS) is 10.3. The molecule has 2 rings (SSSR count). The van der Waals surface area contributed by atoms with Crippen molar-refractivity contribution in [2.45, 2.75) is 32.8 Å². The van der Waals surface area contributed by atoms with Gasteiger partial charge in [-0.15, -0.1) is 0 Å². The predicted octanol–water partition coefficient (Wildman–Crippen LogP) is 3.91. The minimum Gasteiger partial charge on any atom is -0.379 e. The number of para-hydroxylation sites is 1. The first kappa shape index (κ1) is 24.1. The van der Waals surface area contributed by atoms with E-state index in [4.69, 9.17) is 14.7 Å². The number of hydrogen-bond acceptors (Lipinski definition) is 5. The molecule has 0 bridgehead atoms. The third-order valence-corrected chi connectivity index (χ3v) is 4.44. The third kappa shape index (κ3) is 8.99. The molecule has 0 radical (unpaired) electrons. The number of benzene rings is 2. The molecule has 2 aromatic carbocycles. The van der Waals surface area contributed by atoms with Crippen molar-refractivity contribution in [1.29, 1.82) is 5.26 Å². The topological polar surface area (TPSA) is 91.7 Å². The van der Waals surface area contributed by atoms with Crippen LogP contribution in [0.4, 0.5) is 11.4 Å². The number of carbonyl (C=O) groups is 2. The van der Waals surface area contributed by atoms with Crippen LogP contribution in [0.2, 0.25) is 0 Å². The first-order chi connectivity index (χ1) is 15.1. The van der Waals surface area contributed by atoms with E-state index in [2.05, 4.69) is 11.4 Å². The first-order valence-corrected chi connectivity index (χ1v) is 10.4. The maximum absolute atomic E-state index is 12.7. The molecule has 0 saturated carbocycles. The molecule has 0 atom stereocenters. The molecule has 7 nitrogen and oxygen atoms in total. The molecule has 0 aliphatic carbocycles. The van der Waals surface area contributed by atoms with Crippen LogP contribution in [0.3, 0.4) is 0 Å². The summed E-state index contributed by atoms with van der Waals surface area (Å²) in [5.41, 5.74) is 2.32. The van der Waals surface area contributed by atoms with Gasteiger partial charge in [-0.25, -0.2) is 0 Å². The average Bonchev–Trinajstić information content (AvgIpc) is 2.79. The van der Waals surface area contributed by atoms with Crippen LogP contribution in [0, 0.1) is 11.3 Å². The zero-order valence-electron chi connectivity index (χ0n) is 17.9. The smallest absolute Gasteiger partial charge is 0.227 e. The zero-order valence-corrected chi connectivity index (χ0v) is 17.9. The van der Waals surface area contributed by atoms with E-state index in [1.54, 1.807) is 11.0 Å². The summed E-state index contributed by atoms with van der Waals surface area (Å²) >= 11 is 0. The molecule has 0 aliphatic heterocycles. The number of hydrogen-bond donors (Lipinski definition) is 1. The number of amides is 2. The number of ether oxygens (including phenoxy) is 2. The first-order valence-electron chi connectivity index (χ1n) is 10.4. The van der Waals surface area contributed by atoms with Gasteiger partial charge in [-0.2, -0.15) is 5.26 Å². The molecule has 0 heterocycles. The average molecular weight is 424 g/mol. The largest absolute Gasteiger partial charge is 0.379 e. The lowest BCUT2D eigenvalue weighted by atomic mass is 10.2. The van der Waals surface area contributed by atoms with Crippen molar-refractivity contribution in [2.75, 3.05) is 36.6 Å². The lowest BCUT2D eigenvalue weighted by molar-refractivity contribution is -0.122. The van der Waals surface area contributed by atoms with Crippen LogP contribution < -0.4 is 10.2 Å². The maximum atomic E-state index is 12.7. The molecule has 0 unspecified atom stereocenters. The van der Waals surface area contributed by atoms with Crippen LogP contribution >= 0.6 is 0 Å². The minimum absolute atomic E-state index is 0.0593. The fraction of sp³-hybridized carbons (Fsp3) is 0.375. The van der Waals surface area contributed by atoms with Crippen molar-refractivity contribution in [3.05, 3.63) is 60.2 Å². The predicted molar refractivity (Wildman–Crippen MR) is 119 cm³/mol. The summed E-state index contributed by atoms with van der Waals surface area (Å²) in [5.74, 6) is -0.427. The van der Waals surface area contributed by atoms with E-state index in [1.807, 2.05) is 55.5 Å². The van der Waals surface area contributed by atoms with Crippen LogP contribution in [0.25, 0.3) is 0 Å². The van der Waals surface area contributed by atoms with Gasteiger partial charge in [0.15, 0.2) is 0 Å². The van der Waals surface area contributed by atoms with E-state index >= 15 is 0 Å². The van der Waals surface area contributed by atoms with Gasteiger partial charge >= 0.3 is 0 Å². The third-order valence-electron chi connectivity index (χ3n) is 4.44. The van der Waals surface area contributed by atoms with Crippen LogP contribution in [-0.4, -0.2) is 38.2 Å². The summed E-state index contributed by atoms with van der Waals surface area (Å²) in [6.45, 7) is 4.39. The zero-order chi connectivity index (χ0) is 22.3. The highest BCUT2D eigenvalue weighted by molar-refractivity contribution is 5.98. The molecule has 0 aliphatic rings. The summed E-state index contributed by atoms with van der Waals surface area (Å²) in [6.07, 6.45) is 0.350. The molecular formula is C24H29N3O4. The van der Waals surface area contributed by atoms with Gasteiger partial charge in [0, 0.05) is 37.4 Å². The summed E-state index contributed by atoms with van der Waals surface area (Å²) in [7, 11) is 0. The Balaban J connectivity index is 1.84. The molecule has 2 aromatic rings. The quantitative estimate of drug-likeness (QED) is 0.493. The van der Waals surface area contributed by atoms with E-state index in [9.17, 15) is 9.59 Å². The number of anilines is 2. The summed E-state index contributed by atoms with van der Waals surface area (Å²) in [6, 6.07) is 18.6. The summed E-state index contributed by atoms with van der Waals surface area (Å²) in [5, 5.41) is 11.7. The molecule has 2 amide bonds. The highest BCUT2D eigenvalue weighted by Crippen LogP contribution is 2.16. The molecule has 0 aromatic heterocycles. The molecule has 0 saturated heterocycles. The Kier molecular flexibility index (Phi) is 10.8. The number of carbonyl (C=O) groups excluding carboxylic acids is 2. The number of rotatable bonds is 13. The van der Waals surface area contributed by atoms with Gasteiger partial charge in [-0.05, 0) is 36.8 Å². The van der Waals surface area contributed by atoms with E-state index < -0.39 is 0 Å². The van der Waals surface area contributed by atoms with Crippen LogP contribution in [-0.2, 0) is 25.7 Å². The van der Waals surface area contributed by atoms with Gasteiger partial charge in [0.05, 0.1) is 32.3 Å². The number of nitriles is 1. The molecule has 7 heteroatoms. The van der Waals surface area contributed by atoms with E-state index in [-0.39, 0.29) is 31.1 Å². The molecule has 164 valence electrons. The van der Waals surface area contributed by atoms with Crippen LogP contribution in [0.1, 0.15) is 31.7 Å². The van der Waals surface area contributed by atoms with Crippen molar-refractivity contribution < 1.29 is 19.1 Å². The summed E-state index contributed by atoms with van der Waals surface area (Å²) < 4.78 is 10.8. The SMILES string of the molecule is CCOCCOCc1cccc(NC(=O)CCC(=O)N(CCC#N)c2ccccc2)c1. The van der Waals surface area contributed by atoms with Gasteiger partial charge < -0.3 is 19.7 Å². The van der Waals surface area contributed by atoms with Crippen LogP contribution in [0.5, 0.6) is 0 Å². The standard InChI is InChI=1S/C24H29N3O4/c1-2-30-16-17-31-19-20-8-6-9-21(18-20)26-23(28)12-13-24(29)27(15-7-14-25)22-10-4-3-5-11-22/h3-6,8-11,18H,2,7,12-13,15-17,19H2,1H3,(H,26,28). The summed E-state index contributed by atoms with van der Waals surface area (Å²) in [4.78, 5) is 26.6. The fourth-order valence-corrected chi connectivity index (χ4v) is 2.94. The van der Waals surface area contributed by atoms with Crippen molar-refractivity contribution in [1.82, 2.24) is 0 Å². The van der Waals surface area contributed by atoms with Gasteiger partial charge in [0.2, 0.25) is 11.8 Å². The van der Waals surface area contributed by atoms with Crippen molar-refractivity contribution in [2.24, 2.45) is 0 Å². The molecule has 31 heavy (non-hydrogen) atoms. The molecule has 0 spiro atoms. The van der Waals surface area contributed by atoms with Crippen molar-refractivity contribution >= 4 is 23.2 Å². The Hall–Kier alpha value is -3.21. The number of nitrogens with zero attached hydrogens (tertiary/aromatic N) is 2. The highest BCUT2D eigenvalue weighted by atomic mass is 16.5. The molecular weight excluding hydrogens is 394 g/mol. The van der Waals surface area contributed by atoms with Gasteiger partial charge in [0.1, 0.15) is 0 Å². The Morgan fingerprint density at radius 2 is 1.81 bits per heavy atom. The van der Waals surface area contributed by atoms with Crippen LogP contribution in [0.15, 0.2) is 54.6 Å². The van der Waals surface area contributed by atoms with Gasteiger partial charge in [-0.1, -0.05) is 30.3 Å². The molecule has 0 fully saturated rings. The highest BCUT2D eigenvalue weighted by Gasteiger charge is 2.16. The number of nitrogens with one attached hydrogen (secondary N) is 1. The Morgan fingerprint density at radius 3 is 2.55 bits per heavy atom. The van der Waals surface area contributed by atoms with Gasteiger partial charge in [-0.3, -0.25) is 9.59 Å². The van der Waals surface area contributed by atoms with E-state index in [1.165, 1.54) is 0 Å². The van der Waals surface area contributed by atoms with Crippen molar-refractivity contribution in [3.8, 4) is 6.07 Å². The van der Waals surface area contributed by atoms with Gasteiger partial charge in [0.25, 0.3) is 0 Å². The molecule has 1 N–H and O–H groups in total. The van der Waals surface area contributed by atoms with E-state index in [0.717, 1.165) is 11.3 Å². The second-order valence-electron chi connectivity index (χ2n) is 6.79. The Bertz CT molecular complexity index is 865. The monoisotopic (exact) mass is 423 g/mol. The second kappa shape index (κ2) is 13.9. The fourth-order valence-electron chi connectivity index (χ4n) is 2.94. The minimum atomic E-state index is -0.240. The lowest BCUT2D eigenvalue weighted by Crippen LogP contribution is -2.32. The lowest BCUT2D eigenvalue weighted by Gasteiger charge is -2.21. The van der Waals surface area contributed by atoms with Crippen molar-refractivity contribution in [3.63, 3.8) is 0 Å². The second-order valence-corrected chi connectivity index (χ2v) is 6.79. The Morgan fingerprint density at radius 1 is 1.03 bits per heavy atom.